The molecule has 0 spiro atoms. The molecule has 5 heteroatoms. The second kappa shape index (κ2) is 7.60. The molecule has 2 unspecified atom stereocenters. The Hall–Kier alpha value is -0.940. The standard InChI is InChI=1S/C14H26N4O/c1-3-6-15-13(8-12-5-7-19-10-12)9-14-16-11-17-18(14)4-2/h11-13,15H,3-10H2,1-2H3. The highest BCUT2D eigenvalue weighted by molar-refractivity contribution is 4.91. The van der Waals surface area contributed by atoms with Crippen molar-refractivity contribution >= 4 is 0 Å². The summed E-state index contributed by atoms with van der Waals surface area (Å²) in [7, 11) is 0. The molecule has 2 heterocycles. The Balaban J connectivity index is 1.92. The molecule has 2 rings (SSSR count). The number of hydrogen-bond donors (Lipinski definition) is 1. The lowest BCUT2D eigenvalue weighted by Gasteiger charge is -2.21. The van der Waals surface area contributed by atoms with Crippen LogP contribution < -0.4 is 5.32 Å². The van der Waals surface area contributed by atoms with Crippen molar-refractivity contribution < 1.29 is 4.74 Å². The van der Waals surface area contributed by atoms with E-state index < -0.39 is 0 Å². The molecular formula is C14H26N4O. The first-order valence-corrected chi connectivity index (χ1v) is 7.51. The van der Waals surface area contributed by atoms with E-state index in [0.717, 1.165) is 45.0 Å². The Morgan fingerprint density at radius 2 is 2.42 bits per heavy atom. The fourth-order valence-electron chi connectivity index (χ4n) is 2.69. The summed E-state index contributed by atoms with van der Waals surface area (Å²) in [6.45, 7) is 8.12. The highest BCUT2D eigenvalue weighted by Crippen LogP contribution is 2.19. The fourth-order valence-corrected chi connectivity index (χ4v) is 2.69. The molecule has 108 valence electrons. The maximum atomic E-state index is 5.48. The zero-order chi connectivity index (χ0) is 13.5. The van der Waals surface area contributed by atoms with Gasteiger partial charge in [0, 0.05) is 32.2 Å². The van der Waals surface area contributed by atoms with Gasteiger partial charge in [0.2, 0.25) is 0 Å². The number of aromatic nitrogens is 3. The average molecular weight is 266 g/mol. The second-order valence-corrected chi connectivity index (χ2v) is 5.31. The van der Waals surface area contributed by atoms with Crippen molar-refractivity contribution in [3.8, 4) is 0 Å². The van der Waals surface area contributed by atoms with Crippen LogP contribution in [-0.2, 0) is 17.7 Å². The molecule has 5 nitrogen and oxygen atoms in total. The molecule has 0 saturated carbocycles. The minimum absolute atomic E-state index is 0.487. The SMILES string of the molecule is CCCNC(Cc1ncnn1CC)CC1CCOC1. The van der Waals surface area contributed by atoms with Gasteiger partial charge in [-0.05, 0) is 38.6 Å². The van der Waals surface area contributed by atoms with Crippen LogP contribution in [0, 0.1) is 5.92 Å². The topological polar surface area (TPSA) is 52.0 Å². The number of nitrogens with zero attached hydrogens (tertiary/aromatic N) is 3. The summed E-state index contributed by atoms with van der Waals surface area (Å²) in [5.74, 6) is 1.79. The van der Waals surface area contributed by atoms with Crippen molar-refractivity contribution in [3.63, 3.8) is 0 Å². The summed E-state index contributed by atoms with van der Waals surface area (Å²) in [6.07, 6.45) is 6.16. The van der Waals surface area contributed by atoms with Gasteiger partial charge in [-0.25, -0.2) is 4.98 Å². The van der Waals surface area contributed by atoms with Crippen LogP contribution >= 0.6 is 0 Å². The van der Waals surface area contributed by atoms with E-state index in [-0.39, 0.29) is 0 Å². The van der Waals surface area contributed by atoms with Crippen molar-refractivity contribution in [2.75, 3.05) is 19.8 Å². The van der Waals surface area contributed by atoms with Crippen LogP contribution in [-0.4, -0.2) is 40.6 Å². The highest BCUT2D eigenvalue weighted by atomic mass is 16.5. The van der Waals surface area contributed by atoms with E-state index >= 15 is 0 Å². The number of hydrogen-bond acceptors (Lipinski definition) is 4. The van der Waals surface area contributed by atoms with E-state index in [4.69, 9.17) is 4.74 Å². The van der Waals surface area contributed by atoms with Crippen molar-refractivity contribution in [2.45, 2.75) is 52.1 Å². The summed E-state index contributed by atoms with van der Waals surface area (Å²) in [6, 6.07) is 0.487. The number of nitrogens with one attached hydrogen (secondary N) is 1. The third kappa shape index (κ3) is 4.28. The van der Waals surface area contributed by atoms with Gasteiger partial charge in [0.15, 0.2) is 0 Å². The summed E-state index contributed by atoms with van der Waals surface area (Å²) >= 11 is 0. The van der Waals surface area contributed by atoms with Crippen molar-refractivity contribution in [1.29, 1.82) is 0 Å². The van der Waals surface area contributed by atoms with E-state index in [0.29, 0.717) is 12.0 Å². The van der Waals surface area contributed by atoms with Gasteiger partial charge in [0.1, 0.15) is 12.2 Å². The van der Waals surface area contributed by atoms with Gasteiger partial charge >= 0.3 is 0 Å². The van der Waals surface area contributed by atoms with E-state index in [1.807, 2.05) is 4.68 Å². The zero-order valence-corrected chi connectivity index (χ0v) is 12.1. The Bertz CT molecular complexity index is 360. The lowest BCUT2D eigenvalue weighted by Crippen LogP contribution is -2.35. The third-order valence-electron chi connectivity index (χ3n) is 3.75. The number of ether oxygens (including phenoxy) is 1. The van der Waals surface area contributed by atoms with Gasteiger partial charge < -0.3 is 10.1 Å². The van der Waals surface area contributed by atoms with Crippen molar-refractivity contribution in [3.05, 3.63) is 12.2 Å². The van der Waals surface area contributed by atoms with Crippen LogP contribution in [0.25, 0.3) is 0 Å². The molecule has 0 radical (unpaired) electrons. The largest absolute Gasteiger partial charge is 0.381 e. The van der Waals surface area contributed by atoms with Crippen LogP contribution in [0.5, 0.6) is 0 Å². The Labute approximate surface area is 115 Å². The Morgan fingerprint density at radius 1 is 1.53 bits per heavy atom. The van der Waals surface area contributed by atoms with E-state index in [1.54, 1.807) is 6.33 Å². The quantitative estimate of drug-likeness (QED) is 0.777. The highest BCUT2D eigenvalue weighted by Gasteiger charge is 2.21. The lowest BCUT2D eigenvalue weighted by molar-refractivity contribution is 0.181. The van der Waals surface area contributed by atoms with Crippen LogP contribution in [0.3, 0.4) is 0 Å². The first kappa shape index (κ1) is 14.5. The monoisotopic (exact) mass is 266 g/mol. The van der Waals surface area contributed by atoms with Gasteiger partial charge in [0.25, 0.3) is 0 Å². The predicted octanol–water partition coefficient (Wildman–Crippen LogP) is 1.64. The minimum Gasteiger partial charge on any atom is -0.381 e. The van der Waals surface area contributed by atoms with E-state index in [9.17, 15) is 0 Å². The van der Waals surface area contributed by atoms with Gasteiger partial charge in [-0.3, -0.25) is 4.68 Å². The summed E-state index contributed by atoms with van der Waals surface area (Å²) in [4.78, 5) is 4.39. The molecule has 1 aromatic rings. The Morgan fingerprint density at radius 3 is 3.11 bits per heavy atom. The second-order valence-electron chi connectivity index (χ2n) is 5.31. The van der Waals surface area contributed by atoms with Crippen LogP contribution in [0.2, 0.25) is 0 Å². The molecule has 0 aromatic carbocycles. The molecule has 0 bridgehead atoms. The average Bonchev–Trinajstić information content (AvgIpc) is 3.07. The molecule has 1 saturated heterocycles. The van der Waals surface area contributed by atoms with Gasteiger partial charge in [-0.15, -0.1) is 0 Å². The maximum Gasteiger partial charge on any atom is 0.138 e. The van der Waals surface area contributed by atoms with Crippen molar-refractivity contribution in [2.24, 2.45) is 5.92 Å². The van der Waals surface area contributed by atoms with Crippen LogP contribution in [0.1, 0.15) is 38.9 Å². The molecule has 0 aliphatic carbocycles. The van der Waals surface area contributed by atoms with Crippen molar-refractivity contribution in [1.82, 2.24) is 20.1 Å². The molecule has 1 aromatic heterocycles. The van der Waals surface area contributed by atoms with Gasteiger partial charge in [-0.1, -0.05) is 6.92 Å². The van der Waals surface area contributed by atoms with Gasteiger partial charge in [0.05, 0.1) is 0 Å². The normalized spacial score (nSPS) is 20.8. The molecule has 1 fully saturated rings. The van der Waals surface area contributed by atoms with Crippen LogP contribution in [0.15, 0.2) is 6.33 Å². The van der Waals surface area contributed by atoms with E-state index in [2.05, 4.69) is 29.2 Å². The third-order valence-corrected chi connectivity index (χ3v) is 3.75. The maximum absolute atomic E-state index is 5.48. The summed E-state index contributed by atoms with van der Waals surface area (Å²) in [5, 5.41) is 7.90. The molecule has 1 N–H and O–H groups in total. The number of aryl methyl sites for hydroxylation is 1. The molecule has 1 aliphatic rings. The first-order chi connectivity index (χ1) is 9.33. The molecule has 19 heavy (non-hydrogen) atoms. The molecule has 1 aliphatic heterocycles. The molecule has 0 amide bonds. The smallest absolute Gasteiger partial charge is 0.138 e. The summed E-state index contributed by atoms with van der Waals surface area (Å²) < 4.78 is 7.47. The number of rotatable bonds is 8. The molecular weight excluding hydrogens is 240 g/mol. The summed E-state index contributed by atoms with van der Waals surface area (Å²) in [5.41, 5.74) is 0. The lowest BCUT2D eigenvalue weighted by atomic mass is 9.97. The first-order valence-electron chi connectivity index (χ1n) is 7.51. The molecule has 2 atom stereocenters. The Kier molecular flexibility index (Phi) is 5.79. The fraction of sp³-hybridized carbons (Fsp3) is 0.857. The zero-order valence-electron chi connectivity index (χ0n) is 12.1. The minimum atomic E-state index is 0.487. The predicted molar refractivity (Wildman–Crippen MR) is 75.0 cm³/mol. The van der Waals surface area contributed by atoms with Gasteiger partial charge in [-0.2, -0.15) is 5.10 Å². The van der Waals surface area contributed by atoms with Crippen LogP contribution in [0.4, 0.5) is 0 Å². The van der Waals surface area contributed by atoms with E-state index in [1.165, 1.54) is 12.8 Å².